The maximum Gasteiger partial charge on any atom is 0.435 e. The van der Waals surface area contributed by atoms with Gasteiger partial charge in [0.2, 0.25) is 0 Å². The van der Waals surface area contributed by atoms with Crippen molar-refractivity contribution < 1.29 is 19.1 Å². The van der Waals surface area contributed by atoms with E-state index in [1.807, 2.05) is 13.8 Å². The van der Waals surface area contributed by atoms with Crippen molar-refractivity contribution in [2.75, 3.05) is 26.8 Å². The summed E-state index contributed by atoms with van der Waals surface area (Å²) < 4.78 is 11.5. The zero-order chi connectivity index (χ0) is 15.0. The maximum absolute atomic E-state index is 11.6. The van der Waals surface area contributed by atoms with Crippen LogP contribution in [0.25, 0.3) is 0 Å². The van der Waals surface area contributed by atoms with Gasteiger partial charge in [-0.15, -0.1) is 0 Å². The molecule has 6 nitrogen and oxygen atoms in total. The fourth-order valence-electron chi connectivity index (χ4n) is 2.03. The number of hydrogen-bond donors (Lipinski definition) is 0. The van der Waals surface area contributed by atoms with Crippen molar-refractivity contribution in [2.24, 2.45) is 5.16 Å². The minimum absolute atomic E-state index is 0.387. The van der Waals surface area contributed by atoms with Gasteiger partial charge in [-0.25, -0.2) is 4.79 Å². The van der Waals surface area contributed by atoms with Gasteiger partial charge in [-0.1, -0.05) is 26.7 Å². The van der Waals surface area contributed by atoms with E-state index in [2.05, 4.69) is 12.1 Å². The number of carbonyl (C=O) groups excluding carboxylic acids is 1. The molecule has 0 aliphatic carbocycles. The van der Waals surface area contributed by atoms with E-state index in [1.165, 1.54) is 4.90 Å². The monoisotopic (exact) mass is 286 g/mol. The average molecular weight is 286 g/mol. The Morgan fingerprint density at radius 3 is 2.75 bits per heavy atom. The minimum Gasteiger partial charge on any atom is -0.474 e. The molecule has 1 aliphatic rings. The quantitative estimate of drug-likeness (QED) is 0.556. The molecular weight excluding hydrogens is 260 g/mol. The predicted molar refractivity (Wildman–Crippen MR) is 76.7 cm³/mol. The second-order valence-electron chi connectivity index (χ2n) is 4.92. The van der Waals surface area contributed by atoms with E-state index in [4.69, 9.17) is 14.3 Å². The lowest BCUT2D eigenvalue weighted by Gasteiger charge is -2.36. The highest BCUT2D eigenvalue weighted by Gasteiger charge is 2.40. The Morgan fingerprint density at radius 1 is 1.40 bits per heavy atom. The van der Waals surface area contributed by atoms with Crippen molar-refractivity contribution in [1.29, 1.82) is 0 Å². The van der Waals surface area contributed by atoms with Gasteiger partial charge in [0.25, 0.3) is 5.90 Å². The van der Waals surface area contributed by atoms with E-state index in [9.17, 15) is 4.79 Å². The Labute approximate surface area is 121 Å². The van der Waals surface area contributed by atoms with Gasteiger partial charge in [0.1, 0.15) is 12.2 Å². The lowest BCUT2D eigenvalue weighted by atomic mass is 9.92. The number of amides is 1. The summed E-state index contributed by atoms with van der Waals surface area (Å²) in [5, 5.41) is 3.91. The Bertz CT molecular complexity index is 346. The van der Waals surface area contributed by atoms with Crippen LogP contribution in [0.1, 0.15) is 46.5 Å². The molecule has 1 heterocycles. The summed E-state index contributed by atoms with van der Waals surface area (Å²) in [5.41, 5.74) is -0.556. The summed E-state index contributed by atoms with van der Waals surface area (Å²) in [5.74, 6) is 0.387. The second-order valence-corrected chi connectivity index (χ2v) is 4.92. The zero-order valence-corrected chi connectivity index (χ0v) is 13.0. The van der Waals surface area contributed by atoms with Crippen LogP contribution >= 0.6 is 0 Å². The van der Waals surface area contributed by atoms with Gasteiger partial charge < -0.3 is 14.4 Å². The molecule has 1 saturated heterocycles. The molecule has 0 aromatic heterocycles. The van der Waals surface area contributed by atoms with Gasteiger partial charge >= 0.3 is 6.09 Å². The van der Waals surface area contributed by atoms with E-state index >= 15 is 0 Å². The SMILES string of the molecule is CCCCC1(CC)OCCOC1=NOC(=O)N(C)CC. The Morgan fingerprint density at radius 2 is 2.15 bits per heavy atom. The van der Waals surface area contributed by atoms with Crippen LogP contribution in [0.3, 0.4) is 0 Å². The van der Waals surface area contributed by atoms with Gasteiger partial charge in [-0.3, -0.25) is 4.84 Å². The lowest BCUT2D eigenvalue weighted by Crippen LogP contribution is -2.47. The van der Waals surface area contributed by atoms with Crippen molar-refractivity contribution >= 4 is 12.0 Å². The first kappa shape index (κ1) is 16.8. The summed E-state index contributed by atoms with van der Waals surface area (Å²) in [4.78, 5) is 18.0. The Kier molecular flexibility index (Phi) is 6.78. The number of ether oxygens (including phenoxy) is 2. The predicted octanol–water partition coefficient (Wildman–Crippen LogP) is 2.77. The van der Waals surface area contributed by atoms with Crippen LogP contribution in [0.4, 0.5) is 4.79 Å². The average Bonchev–Trinajstić information content (AvgIpc) is 2.50. The van der Waals surface area contributed by atoms with Crippen LogP contribution in [0.15, 0.2) is 5.16 Å². The minimum atomic E-state index is -0.556. The fourth-order valence-corrected chi connectivity index (χ4v) is 2.03. The van der Waals surface area contributed by atoms with Crippen LogP contribution in [0, 0.1) is 0 Å². The molecule has 116 valence electrons. The highest BCUT2D eigenvalue weighted by atomic mass is 16.7. The molecule has 1 rings (SSSR count). The molecule has 0 bridgehead atoms. The molecule has 0 saturated carbocycles. The molecule has 0 aromatic rings. The Hall–Kier alpha value is -1.30. The van der Waals surface area contributed by atoms with E-state index in [0.717, 1.165) is 25.7 Å². The highest BCUT2D eigenvalue weighted by Crippen LogP contribution is 2.29. The van der Waals surface area contributed by atoms with Crippen molar-refractivity contribution in [3.63, 3.8) is 0 Å². The summed E-state index contributed by atoms with van der Waals surface area (Å²) in [6, 6.07) is 0. The van der Waals surface area contributed by atoms with Crippen molar-refractivity contribution in [3.05, 3.63) is 0 Å². The first-order valence-corrected chi connectivity index (χ1v) is 7.37. The third-order valence-electron chi connectivity index (χ3n) is 3.59. The van der Waals surface area contributed by atoms with Crippen LogP contribution in [-0.4, -0.2) is 49.3 Å². The fraction of sp³-hybridized carbons (Fsp3) is 0.857. The first-order chi connectivity index (χ1) is 9.59. The van der Waals surface area contributed by atoms with Crippen LogP contribution in [-0.2, 0) is 14.3 Å². The standard InChI is InChI=1S/C14H26N2O4/c1-5-8-9-14(6-2)12(18-10-11-19-14)15-20-13(17)16(4)7-3/h5-11H2,1-4H3. The van der Waals surface area contributed by atoms with E-state index in [0.29, 0.717) is 25.7 Å². The van der Waals surface area contributed by atoms with Crippen molar-refractivity contribution in [1.82, 2.24) is 4.90 Å². The molecule has 20 heavy (non-hydrogen) atoms. The van der Waals surface area contributed by atoms with Crippen LogP contribution in [0.2, 0.25) is 0 Å². The van der Waals surface area contributed by atoms with E-state index < -0.39 is 11.7 Å². The molecule has 1 unspecified atom stereocenters. The molecule has 1 atom stereocenters. The largest absolute Gasteiger partial charge is 0.474 e. The topological polar surface area (TPSA) is 60.4 Å². The molecule has 0 spiro atoms. The molecule has 1 fully saturated rings. The second kappa shape index (κ2) is 8.09. The molecule has 1 aliphatic heterocycles. The summed E-state index contributed by atoms with van der Waals surface area (Å²) in [7, 11) is 1.66. The number of rotatable bonds is 6. The third kappa shape index (κ3) is 4.10. The van der Waals surface area contributed by atoms with E-state index in [1.54, 1.807) is 7.05 Å². The first-order valence-electron chi connectivity index (χ1n) is 7.37. The smallest absolute Gasteiger partial charge is 0.435 e. The summed E-state index contributed by atoms with van der Waals surface area (Å²) in [6.07, 6.45) is 3.15. The molecule has 6 heteroatoms. The van der Waals surface area contributed by atoms with Crippen LogP contribution in [0.5, 0.6) is 0 Å². The number of hydrogen-bond acceptors (Lipinski definition) is 5. The van der Waals surface area contributed by atoms with Gasteiger partial charge in [-0.2, -0.15) is 0 Å². The normalized spacial score (nSPS) is 24.3. The molecule has 0 aromatic carbocycles. The highest BCUT2D eigenvalue weighted by molar-refractivity contribution is 5.86. The number of nitrogens with zero attached hydrogens (tertiary/aromatic N) is 2. The third-order valence-corrected chi connectivity index (χ3v) is 3.59. The van der Waals surface area contributed by atoms with Gasteiger partial charge in [0.15, 0.2) is 0 Å². The van der Waals surface area contributed by atoms with Gasteiger partial charge in [-0.05, 0) is 24.9 Å². The van der Waals surface area contributed by atoms with Crippen LogP contribution < -0.4 is 0 Å². The van der Waals surface area contributed by atoms with Gasteiger partial charge in [0, 0.05) is 13.6 Å². The number of oxime groups is 1. The molecular formula is C14H26N2O4. The number of carbonyl (C=O) groups is 1. The molecule has 0 radical (unpaired) electrons. The number of unbranched alkanes of at least 4 members (excludes halogenated alkanes) is 1. The Balaban J connectivity index is 2.78. The van der Waals surface area contributed by atoms with Crippen molar-refractivity contribution in [2.45, 2.75) is 52.1 Å². The zero-order valence-electron chi connectivity index (χ0n) is 13.0. The summed E-state index contributed by atoms with van der Waals surface area (Å²) >= 11 is 0. The molecule has 1 amide bonds. The lowest BCUT2D eigenvalue weighted by molar-refractivity contribution is -0.0691. The summed E-state index contributed by atoms with van der Waals surface area (Å²) in [6.45, 7) is 7.56. The maximum atomic E-state index is 11.6. The van der Waals surface area contributed by atoms with Crippen molar-refractivity contribution in [3.8, 4) is 0 Å². The van der Waals surface area contributed by atoms with E-state index in [-0.39, 0.29) is 0 Å². The van der Waals surface area contributed by atoms with Gasteiger partial charge in [0.05, 0.1) is 6.61 Å². The molecule has 0 N–H and O–H groups in total.